The summed E-state index contributed by atoms with van der Waals surface area (Å²) in [5.74, 6) is 1.35. The zero-order valence-corrected chi connectivity index (χ0v) is 17.3. The predicted molar refractivity (Wildman–Crippen MR) is 108 cm³/mol. The van der Waals surface area contributed by atoms with E-state index in [1.807, 2.05) is 25.1 Å². The Kier molecular flexibility index (Phi) is 3.81. The second-order valence-corrected chi connectivity index (χ2v) is 10.3. The van der Waals surface area contributed by atoms with Gasteiger partial charge in [-0.25, -0.2) is 4.98 Å². The third kappa shape index (κ3) is 2.87. The summed E-state index contributed by atoms with van der Waals surface area (Å²) in [4.78, 5) is 17.6. The molecule has 5 nitrogen and oxygen atoms in total. The summed E-state index contributed by atoms with van der Waals surface area (Å²) in [6.45, 7) is 11.8. The summed E-state index contributed by atoms with van der Waals surface area (Å²) in [7, 11) is 0. The highest BCUT2D eigenvalue weighted by molar-refractivity contribution is 5.93. The van der Waals surface area contributed by atoms with Crippen molar-refractivity contribution in [3.8, 4) is 0 Å². The lowest BCUT2D eigenvalue weighted by atomic mass is 9.49. The van der Waals surface area contributed by atoms with Crippen molar-refractivity contribution < 1.29 is 9.90 Å². The molecule has 1 atom stereocenters. The van der Waals surface area contributed by atoms with Gasteiger partial charge in [0.15, 0.2) is 0 Å². The summed E-state index contributed by atoms with van der Waals surface area (Å²) >= 11 is 0. The minimum absolute atomic E-state index is 0.00774. The summed E-state index contributed by atoms with van der Waals surface area (Å²) in [5.41, 5.74) is 1.81. The van der Waals surface area contributed by atoms with Crippen LogP contribution in [0.5, 0.6) is 0 Å². The van der Waals surface area contributed by atoms with Gasteiger partial charge < -0.3 is 9.67 Å². The fraction of sp³-hybridized carbons (Fsp3) is 0.636. The molecule has 1 aromatic carbocycles. The smallest absolute Gasteiger partial charge is 0.230 e. The molecule has 146 valence electrons. The van der Waals surface area contributed by atoms with Crippen LogP contribution in [-0.2, 0) is 15.9 Å². The Bertz CT molecular complexity index is 897. The average Bonchev–Trinajstić information content (AvgIpc) is 2.79. The number of anilines is 1. The molecule has 1 heterocycles. The first-order chi connectivity index (χ1) is 12.4. The Morgan fingerprint density at radius 1 is 1.26 bits per heavy atom. The number of benzene rings is 1. The van der Waals surface area contributed by atoms with E-state index in [9.17, 15) is 9.90 Å². The van der Waals surface area contributed by atoms with Crippen molar-refractivity contribution in [2.45, 2.75) is 71.9 Å². The molecule has 3 aliphatic rings. The molecule has 2 bridgehead atoms. The normalized spacial score (nSPS) is 25.7. The van der Waals surface area contributed by atoms with Crippen molar-refractivity contribution in [1.29, 1.82) is 0 Å². The summed E-state index contributed by atoms with van der Waals surface area (Å²) in [5, 5.41) is 13.6. The number of aromatic nitrogens is 2. The number of imidazole rings is 1. The molecule has 1 unspecified atom stereocenters. The molecule has 5 rings (SSSR count). The first-order valence-corrected chi connectivity index (χ1v) is 9.97. The molecule has 3 saturated carbocycles. The van der Waals surface area contributed by atoms with Gasteiger partial charge in [0.1, 0.15) is 0 Å². The average molecular weight is 370 g/mol. The van der Waals surface area contributed by atoms with Gasteiger partial charge in [-0.1, -0.05) is 33.8 Å². The van der Waals surface area contributed by atoms with Gasteiger partial charge in [-0.2, -0.15) is 0 Å². The van der Waals surface area contributed by atoms with E-state index in [0.29, 0.717) is 5.95 Å². The van der Waals surface area contributed by atoms with E-state index in [1.165, 1.54) is 0 Å². The van der Waals surface area contributed by atoms with Gasteiger partial charge >= 0.3 is 0 Å². The second-order valence-electron chi connectivity index (χ2n) is 10.3. The van der Waals surface area contributed by atoms with Crippen molar-refractivity contribution in [2.75, 3.05) is 5.32 Å². The zero-order chi connectivity index (χ0) is 19.8. The number of nitrogens with zero attached hydrogens (tertiary/aromatic N) is 2. The van der Waals surface area contributed by atoms with Crippen LogP contribution in [-0.4, -0.2) is 20.6 Å². The molecule has 3 aliphatic carbocycles. The van der Waals surface area contributed by atoms with Crippen molar-refractivity contribution >= 4 is 22.9 Å². The van der Waals surface area contributed by atoms with Crippen molar-refractivity contribution in [1.82, 2.24) is 9.55 Å². The standard InChI is InChI=1S/C22H31N3O2/c1-13(20(2,3)4)18(26)24-19-23-16-8-7-15(21(5,6)27)9-17(16)25(19)22-10-14(11-22)12-22/h7-9,13-14,27H,10-12H2,1-6H3,(H,23,24,26). The molecular formula is C22H31N3O2. The van der Waals surface area contributed by atoms with E-state index in [2.05, 4.69) is 30.7 Å². The highest BCUT2D eigenvalue weighted by Crippen LogP contribution is 2.63. The lowest BCUT2D eigenvalue weighted by Gasteiger charge is -2.62. The lowest BCUT2D eigenvalue weighted by Crippen LogP contribution is -2.59. The fourth-order valence-corrected chi connectivity index (χ4v) is 4.34. The van der Waals surface area contributed by atoms with Gasteiger partial charge in [-0.3, -0.25) is 10.1 Å². The van der Waals surface area contributed by atoms with Crippen LogP contribution in [0.1, 0.15) is 66.4 Å². The third-order valence-electron chi connectivity index (χ3n) is 6.77. The number of aliphatic hydroxyl groups is 1. The first kappa shape index (κ1) is 18.5. The van der Waals surface area contributed by atoms with Crippen molar-refractivity contribution in [3.05, 3.63) is 23.8 Å². The Labute approximate surface area is 161 Å². The fourth-order valence-electron chi connectivity index (χ4n) is 4.34. The summed E-state index contributed by atoms with van der Waals surface area (Å²) in [6, 6.07) is 5.91. The first-order valence-electron chi connectivity index (χ1n) is 9.97. The maximum absolute atomic E-state index is 12.9. The molecular weight excluding hydrogens is 338 g/mol. The Morgan fingerprint density at radius 3 is 2.37 bits per heavy atom. The number of rotatable bonds is 4. The van der Waals surface area contributed by atoms with Gasteiger partial charge in [0.2, 0.25) is 11.9 Å². The highest BCUT2D eigenvalue weighted by Gasteiger charge is 2.59. The number of carbonyl (C=O) groups is 1. The Balaban J connectivity index is 1.78. The molecule has 0 radical (unpaired) electrons. The number of hydrogen-bond acceptors (Lipinski definition) is 3. The van der Waals surface area contributed by atoms with Crippen LogP contribution >= 0.6 is 0 Å². The van der Waals surface area contributed by atoms with Crippen molar-refractivity contribution in [3.63, 3.8) is 0 Å². The van der Waals surface area contributed by atoms with Crippen LogP contribution in [0.15, 0.2) is 18.2 Å². The number of amides is 1. The number of fused-ring (bicyclic) bond motifs is 1. The van der Waals surface area contributed by atoms with E-state index >= 15 is 0 Å². The zero-order valence-electron chi connectivity index (χ0n) is 17.3. The molecule has 2 N–H and O–H groups in total. The van der Waals surface area contributed by atoms with Crippen LogP contribution < -0.4 is 5.32 Å². The van der Waals surface area contributed by atoms with Crippen LogP contribution in [0.25, 0.3) is 11.0 Å². The summed E-state index contributed by atoms with van der Waals surface area (Å²) in [6.07, 6.45) is 3.47. The molecule has 0 saturated heterocycles. The Morgan fingerprint density at radius 2 is 1.89 bits per heavy atom. The lowest BCUT2D eigenvalue weighted by molar-refractivity contribution is -0.122. The highest BCUT2D eigenvalue weighted by atomic mass is 16.3. The van der Waals surface area contributed by atoms with E-state index < -0.39 is 5.60 Å². The van der Waals surface area contributed by atoms with E-state index in [-0.39, 0.29) is 22.8 Å². The SMILES string of the molecule is CC(C(=O)Nc1nc2ccc(C(C)(C)O)cc2n1C12CC(C1)C2)C(C)(C)C. The topological polar surface area (TPSA) is 67.2 Å². The number of hydrogen-bond donors (Lipinski definition) is 2. The number of carbonyl (C=O) groups excluding carboxylic acids is 1. The monoisotopic (exact) mass is 369 g/mol. The van der Waals surface area contributed by atoms with Gasteiger partial charge in [0, 0.05) is 11.5 Å². The molecule has 2 aromatic rings. The van der Waals surface area contributed by atoms with E-state index in [0.717, 1.165) is 41.8 Å². The third-order valence-corrected chi connectivity index (χ3v) is 6.77. The Hall–Kier alpha value is -1.88. The molecule has 3 fully saturated rings. The minimum atomic E-state index is -0.910. The molecule has 1 amide bonds. The maximum atomic E-state index is 12.9. The van der Waals surface area contributed by atoms with Gasteiger partial charge in [-0.05, 0) is 62.1 Å². The van der Waals surface area contributed by atoms with Crippen molar-refractivity contribution in [2.24, 2.45) is 17.3 Å². The van der Waals surface area contributed by atoms with Crippen LogP contribution in [0.2, 0.25) is 0 Å². The van der Waals surface area contributed by atoms with Gasteiger partial charge in [-0.15, -0.1) is 0 Å². The van der Waals surface area contributed by atoms with Crippen LogP contribution in [0, 0.1) is 17.3 Å². The summed E-state index contributed by atoms with van der Waals surface area (Å²) < 4.78 is 2.24. The van der Waals surface area contributed by atoms with Gasteiger partial charge in [0.05, 0.1) is 16.6 Å². The molecule has 27 heavy (non-hydrogen) atoms. The minimum Gasteiger partial charge on any atom is -0.386 e. The van der Waals surface area contributed by atoms with E-state index in [4.69, 9.17) is 4.98 Å². The predicted octanol–water partition coefficient (Wildman–Crippen LogP) is 4.39. The molecule has 0 spiro atoms. The van der Waals surface area contributed by atoms with Crippen LogP contribution in [0.3, 0.4) is 0 Å². The number of nitrogens with one attached hydrogen (secondary N) is 1. The second kappa shape index (κ2) is 5.57. The van der Waals surface area contributed by atoms with Gasteiger partial charge in [0.25, 0.3) is 0 Å². The van der Waals surface area contributed by atoms with E-state index in [1.54, 1.807) is 13.8 Å². The molecule has 5 heteroatoms. The largest absolute Gasteiger partial charge is 0.386 e. The van der Waals surface area contributed by atoms with Crippen LogP contribution in [0.4, 0.5) is 5.95 Å². The molecule has 1 aromatic heterocycles. The molecule has 0 aliphatic heterocycles. The quantitative estimate of drug-likeness (QED) is 0.840. The maximum Gasteiger partial charge on any atom is 0.230 e.